The Morgan fingerprint density at radius 1 is 0.682 bits per heavy atom. The SMILES string of the molecule is c1ccc2nc(CCc3ccnc4ccccc34)ccc2c1. The molecule has 106 valence electrons. The standard InChI is InChI=1S/C20H16N2/c1-3-7-19-16(5-1)10-12-17(22-19)11-9-15-13-14-21-20-8-4-2-6-18(15)20/h1-8,10,12-14H,9,11H2. The minimum atomic E-state index is 0.943. The van der Waals surface area contributed by atoms with Crippen LogP contribution in [-0.2, 0) is 12.8 Å². The smallest absolute Gasteiger partial charge is 0.0705 e. The number of para-hydroxylation sites is 2. The average Bonchev–Trinajstić information content (AvgIpc) is 2.60. The van der Waals surface area contributed by atoms with E-state index in [-0.39, 0.29) is 0 Å². The average molecular weight is 284 g/mol. The van der Waals surface area contributed by atoms with E-state index in [1.807, 2.05) is 24.4 Å². The van der Waals surface area contributed by atoms with Crippen molar-refractivity contribution in [3.8, 4) is 0 Å². The fourth-order valence-electron chi connectivity index (χ4n) is 2.88. The van der Waals surface area contributed by atoms with Crippen molar-refractivity contribution in [3.05, 3.63) is 84.2 Å². The summed E-state index contributed by atoms with van der Waals surface area (Å²) in [5.41, 5.74) is 4.60. The maximum absolute atomic E-state index is 4.75. The van der Waals surface area contributed by atoms with Crippen LogP contribution in [0.15, 0.2) is 72.9 Å². The minimum absolute atomic E-state index is 0.943. The lowest BCUT2D eigenvalue weighted by Crippen LogP contribution is -1.96. The van der Waals surface area contributed by atoms with Gasteiger partial charge in [-0.2, -0.15) is 0 Å². The van der Waals surface area contributed by atoms with Gasteiger partial charge in [-0.1, -0.05) is 42.5 Å². The maximum Gasteiger partial charge on any atom is 0.0705 e. The largest absolute Gasteiger partial charge is 0.256 e. The van der Waals surface area contributed by atoms with Crippen LogP contribution in [0.3, 0.4) is 0 Å². The molecule has 2 aromatic heterocycles. The summed E-state index contributed by atoms with van der Waals surface area (Å²) < 4.78 is 0. The quantitative estimate of drug-likeness (QED) is 0.551. The summed E-state index contributed by atoms with van der Waals surface area (Å²) in [6.45, 7) is 0. The predicted molar refractivity (Wildman–Crippen MR) is 90.9 cm³/mol. The molecular weight excluding hydrogens is 268 g/mol. The molecule has 2 heterocycles. The van der Waals surface area contributed by atoms with Crippen molar-refractivity contribution in [2.24, 2.45) is 0 Å². The molecule has 0 aliphatic carbocycles. The number of aromatic nitrogens is 2. The highest BCUT2D eigenvalue weighted by molar-refractivity contribution is 5.82. The number of aryl methyl sites for hydroxylation is 2. The Hall–Kier alpha value is -2.74. The van der Waals surface area contributed by atoms with Crippen molar-refractivity contribution in [2.75, 3.05) is 0 Å². The zero-order valence-electron chi connectivity index (χ0n) is 12.2. The maximum atomic E-state index is 4.75. The third-order valence-electron chi connectivity index (χ3n) is 4.05. The lowest BCUT2D eigenvalue weighted by molar-refractivity contribution is 0.928. The molecule has 22 heavy (non-hydrogen) atoms. The molecule has 2 nitrogen and oxygen atoms in total. The van der Waals surface area contributed by atoms with Crippen molar-refractivity contribution >= 4 is 21.8 Å². The molecule has 4 aromatic rings. The monoisotopic (exact) mass is 284 g/mol. The summed E-state index contributed by atoms with van der Waals surface area (Å²) in [7, 11) is 0. The molecule has 0 aliphatic rings. The fraction of sp³-hybridized carbons (Fsp3) is 0.100. The first kappa shape index (κ1) is 13.0. The van der Waals surface area contributed by atoms with E-state index in [0.29, 0.717) is 0 Å². The van der Waals surface area contributed by atoms with E-state index < -0.39 is 0 Å². The molecule has 0 fully saturated rings. The van der Waals surface area contributed by atoms with Gasteiger partial charge in [-0.15, -0.1) is 0 Å². The van der Waals surface area contributed by atoms with Crippen molar-refractivity contribution < 1.29 is 0 Å². The van der Waals surface area contributed by atoms with E-state index >= 15 is 0 Å². The molecule has 0 spiro atoms. The van der Waals surface area contributed by atoms with Gasteiger partial charge in [0.25, 0.3) is 0 Å². The van der Waals surface area contributed by atoms with E-state index in [0.717, 1.165) is 29.6 Å². The second kappa shape index (κ2) is 5.57. The number of pyridine rings is 2. The Kier molecular flexibility index (Phi) is 3.28. The van der Waals surface area contributed by atoms with Crippen LogP contribution in [0.5, 0.6) is 0 Å². The van der Waals surface area contributed by atoms with Gasteiger partial charge >= 0.3 is 0 Å². The number of hydrogen-bond donors (Lipinski definition) is 0. The molecular formula is C20H16N2. The van der Waals surface area contributed by atoms with E-state index in [2.05, 4.69) is 53.5 Å². The van der Waals surface area contributed by atoms with Gasteiger partial charge in [0, 0.05) is 22.7 Å². The van der Waals surface area contributed by atoms with E-state index in [4.69, 9.17) is 4.98 Å². The molecule has 0 saturated carbocycles. The minimum Gasteiger partial charge on any atom is -0.256 e. The van der Waals surface area contributed by atoms with Crippen LogP contribution in [0.25, 0.3) is 21.8 Å². The van der Waals surface area contributed by atoms with Gasteiger partial charge < -0.3 is 0 Å². The Bertz CT molecular complexity index is 939. The normalized spacial score (nSPS) is 11.1. The topological polar surface area (TPSA) is 25.8 Å². The van der Waals surface area contributed by atoms with Crippen molar-refractivity contribution in [1.82, 2.24) is 9.97 Å². The molecule has 0 bridgehead atoms. The molecule has 4 rings (SSSR count). The van der Waals surface area contributed by atoms with E-state index in [9.17, 15) is 0 Å². The second-order valence-electron chi connectivity index (χ2n) is 5.48. The summed E-state index contributed by atoms with van der Waals surface area (Å²) in [4.78, 5) is 9.18. The summed E-state index contributed by atoms with van der Waals surface area (Å²) in [5, 5.41) is 2.44. The molecule has 2 heteroatoms. The molecule has 0 N–H and O–H groups in total. The summed E-state index contributed by atoms with van der Waals surface area (Å²) in [6, 6.07) is 23.0. The Morgan fingerprint density at radius 2 is 1.50 bits per heavy atom. The first-order chi connectivity index (χ1) is 10.9. The van der Waals surface area contributed by atoms with Gasteiger partial charge in [0.1, 0.15) is 0 Å². The first-order valence-electron chi connectivity index (χ1n) is 7.57. The van der Waals surface area contributed by atoms with Crippen molar-refractivity contribution in [1.29, 1.82) is 0 Å². The van der Waals surface area contributed by atoms with Gasteiger partial charge in [0.2, 0.25) is 0 Å². The summed E-state index contributed by atoms with van der Waals surface area (Å²) >= 11 is 0. The van der Waals surface area contributed by atoms with Crippen LogP contribution in [0, 0.1) is 0 Å². The van der Waals surface area contributed by atoms with Gasteiger partial charge in [0.15, 0.2) is 0 Å². The van der Waals surface area contributed by atoms with Crippen LogP contribution in [0.4, 0.5) is 0 Å². The molecule has 2 aromatic carbocycles. The van der Waals surface area contributed by atoms with Crippen LogP contribution in [0.1, 0.15) is 11.3 Å². The number of fused-ring (bicyclic) bond motifs is 2. The van der Waals surface area contributed by atoms with Crippen LogP contribution < -0.4 is 0 Å². The molecule has 0 atom stereocenters. The number of benzene rings is 2. The number of hydrogen-bond acceptors (Lipinski definition) is 2. The zero-order valence-corrected chi connectivity index (χ0v) is 12.2. The lowest BCUT2D eigenvalue weighted by atomic mass is 10.0. The molecule has 0 unspecified atom stereocenters. The summed E-state index contributed by atoms with van der Waals surface area (Å²) in [5.74, 6) is 0. The van der Waals surface area contributed by atoms with Gasteiger partial charge in [-0.25, -0.2) is 0 Å². The van der Waals surface area contributed by atoms with Crippen LogP contribution in [-0.4, -0.2) is 9.97 Å². The highest BCUT2D eigenvalue weighted by Crippen LogP contribution is 2.18. The molecule has 0 aliphatic heterocycles. The van der Waals surface area contributed by atoms with Crippen molar-refractivity contribution in [2.45, 2.75) is 12.8 Å². The third-order valence-corrected chi connectivity index (χ3v) is 4.05. The van der Waals surface area contributed by atoms with Crippen LogP contribution in [0.2, 0.25) is 0 Å². The van der Waals surface area contributed by atoms with Crippen molar-refractivity contribution in [3.63, 3.8) is 0 Å². The molecule has 0 amide bonds. The Labute approximate surface area is 129 Å². The first-order valence-corrected chi connectivity index (χ1v) is 7.57. The molecule has 0 radical (unpaired) electrons. The fourth-order valence-corrected chi connectivity index (χ4v) is 2.88. The van der Waals surface area contributed by atoms with Crippen LogP contribution >= 0.6 is 0 Å². The van der Waals surface area contributed by atoms with Gasteiger partial charge in [-0.3, -0.25) is 9.97 Å². The van der Waals surface area contributed by atoms with Gasteiger partial charge in [-0.05, 0) is 42.7 Å². The highest BCUT2D eigenvalue weighted by Gasteiger charge is 2.03. The number of rotatable bonds is 3. The predicted octanol–water partition coefficient (Wildman–Crippen LogP) is 4.57. The lowest BCUT2D eigenvalue weighted by Gasteiger charge is -2.06. The second-order valence-corrected chi connectivity index (χ2v) is 5.48. The van der Waals surface area contributed by atoms with E-state index in [1.165, 1.54) is 16.3 Å². The third kappa shape index (κ3) is 2.44. The number of nitrogens with zero attached hydrogens (tertiary/aromatic N) is 2. The zero-order chi connectivity index (χ0) is 14.8. The molecule has 0 saturated heterocycles. The summed E-state index contributed by atoms with van der Waals surface area (Å²) in [6.07, 6.45) is 3.82. The Morgan fingerprint density at radius 3 is 2.45 bits per heavy atom. The van der Waals surface area contributed by atoms with E-state index in [1.54, 1.807) is 0 Å². The Balaban J connectivity index is 1.63. The highest BCUT2D eigenvalue weighted by atomic mass is 14.7. The van der Waals surface area contributed by atoms with Gasteiger partial charge in [0.05, 0.1) is 11.0 Å².